The summed E-state index contributed by atoms with van der Waals surface area (Å²) in [6, 6.07) is 5.58. The van der Waals surface area contributed by atoms with Gasteiger partial charge in [-0.1, -0.05) is 18.3 Å². The van der Waals surface area contributed by atoms with Crippen molar-refractivity contribution in [2.24, 2.45) is 5.73 Å². The number of aromatic nitrogens is 2. The zero-order valence-electron chi connectivity index (χ0n) is 10.3. The van der Waals surface area contributed by atoms with Crippen LogP contribution in [0.15, 0.2) is 18.2 Å². The first kappa shape index (κ1) is 12.5. The van der Waals surface area contributed by atoms with Crippen molar-refractivity contribution >= 4 is 39.5 Å². The van der Waals surface area contributed by atoms with Gasteiger partial charge < -0.3 is 11.1 Å². The summed E-state index contributed by atoms with van der Waals surface area (Å²) >= 11 is 6.65. The Morgan fingerprint density at radius 3 is 2.89 bits per heavy atom. The lowest BCUT2D eigenvalue weighted by atomic mass is 10.0. The molecule has 4 nitrogen and oxygen atoms in total. The topological polar surface area (TPSA) is 63.8 Å². The zero-order chi connectivity index (χ0) is 13.2. The van der Waals surface area contributed by atoms with Crippen LogP contribution in [-0.2, 0) is 12.8 Å². The highest BCUT2D eigenvalue weighted by atomic mass is 32.1. The summed E-state index contributed by atoms with van der Waals surface area (Å²) in [6.45, 7) is 0. The molecule has 3 rings (SSSR count). The number of thiocarbonyl (C=S) groups is 1. The largest absolute Gasteiger partial charge is 0.388 e. The lowest BCUT2D eigenvalue weighted by Gasteiger charge is -2.06. The van der Waals surface area contributed by atoms with E-state index in [2.05, 4.69) is 15.3 Å². The average Bonchev–Trinajstić information content (AvgIpc) is 2.81. The van der Waals surface area contributed by atoms with Crippen molar-refractivity contribution in [2.75, 3.05) is 5.32 Å². The fourth-order valence-corrected chi connectivity index (χ4v) is 3.33. The number of nitrogens with two attached hydrogens (primary N) is 1. The number of hydrogen-bond acceptors (Lipinski definition) is 5. The number of rotatable bonds is 3. The molecule has 6 heteroatoms. The van der Waals surface area contributed by atoms with E-state index in [9.17, 15) is 0 Å². The maximum atomic E-state index is 5.58. The Morgan fingerprint density at radius 2 is 2.11 bits per heavy atom. The molecule has 0 unspecified atom stereocenters. The van der Waals surface area contributed by atoms with Crippen LogP contribution >= 0.6 is 23.6 Å². The predicted molar refractivity (Wildman–Crippen MR) is 82.2 cm³/mol. The first-order valence-electron chi connectivity index (χ1n) is 6.25. The van der Waals surface area contributed by atoms with Crippen molar-refractivity contribution in [3.8, 4) is 0 Å². The van der Waals surface area contributed by atoms with E-state index in [4.69, 9.17) is 18.0 Å². The number of pyridine rings is 1. The number of fused-ring (bicyclic) bond motifs is 1. The molecule has 1 aliphatic rings. The molecule has 0 saturated carbocycles. The maximum Gasteiger partial charge on any atom is 0.188 e. The van der Waals surface area contributed by atoms with Gasteiger partial charge in [-0.2, -0.15) is 0 Å². The second-order valence-electron chi connectivity index (χ2n) is 4.49. The van der Waals surface area contributed by atoms with E-state index in [1.54, 1.807) is 17.4 Å². The summed E-state index contributed by atoms with van der Waals surface area (Å²) in [6.07, 6.45) is 4.75. The van der Waals surface area contributed by atoms with Crippen LogP contribution in [-0.4, -0.2) is 15.0 Å². The van der Waals surface area contributed by atoms with E-state index >= 15 is 0 Å². The fraction of sp³-hybridized carbons (Fsp3) is 0.308. The number of nitrogens with zero attached hydrogens (tertiary/aromatic N) is 2. The number of nitrogens with one attached hydrogen (secondary N) is 1. The van der Waals surface area contributed by atoms with E-state index in [1.165, 1.54) is 23.4 Å². The van der Waals surface area contributed by atoms with Crippen molar-refractivity contribution in [3.63, 3.8) is 0 Å². The first-order chi connectivity index (χ1) is 9.22. The summed E-state index contributed by atoms with van der Waals surface area (Å²) < 4.78 is 0. The maximum absolute atomic E-state index is 5.58. The van der Waals surface area contributed by atoms with Crippen LogP contribution in [0, 0.1) is 0 Å². The van der Waals surface area contributed by atoms with Gasteiger partial charge in [-0.25, -0.2) is 9.97 Å². The number of aryl methyl sites for hydroxylation is 2. The van der Waals surface area contributed by atoms with Crippen LogP contribution in [0.25, 0.3) is 0 Å². The second-order valence-corrected chi connectivity index (χ2v) is 6.02. The number of hydrogen-bond donors (Lipinski definition) is 2. The fourth-order valence-electron chi connectivity index (χ4n) is 2.16. The summed E-state index contributed by atoms with van der Waals surface area (Å²) in [4.78, 5) is 10.7. The highest BCUT2D eigenvalue weighted by Crippen LogP contribution is 2.30. The highest BCUT2D eigenvalue weighted by molar-refractivity contribution is 7.80. The van der Waals surface area contributed by atoms with Gasteiger partial charge in [-0.05, 0) is 37.8 Å². The second kappa shape index (κ2) is 5.22. The van der Waals surface area contributed by atoms with E-state index in [-0.39, 0.29) is 0 Å². The summed E-state index contributed by atoms with van der Waals surface area (Å²) in [5.41, 5.74) is 7.45. The van der Waals surface area contributed by atoms with E-state index in [0.29, 0.717) is 10.7 Å². The summed E-state index contributed by atoms with van der Waals surface area (Å²) in [5.74, 6) is 0.733. The molecular weight excluding hydrogens is 276 g/mol. The molecule has 3 N–H and O–H groups in total. The Morgan fingerprint density at radius 1 is 1.26 bits per heavy atom. The molecule has 0 fully saturated rings. The molecule has 2 aromatic rings. The number of thiazole rings is 1. The highest BCUT2D eigenvalue weighted by Gasteiger charge is 2.15. The van der Waals surface area contributed by atoms with Crippen molar-refractivity contribution in [2.45, 2.75) is 25.7 Å². The molecule has 0 bridgehead atoms. The molecule has 19 heavy (non-hydrogen) atoms. The van der Waals surface area contributed by atoms with Gasteiger partial charge >= 0.3 is 0 Å². The molecule has 0 atom stereocenters. The van der Waals surface area contributed by atoms with Crippen LogP contribution in [0.2, 0.25) is 0 Å². The van der Waals surface area contributed by atoms with Gasteiger partial charge in [0.2, 0.25) is 0 Å². The first-order valence-corrected chi connectivity index (χ1v) is 7.47. The molecule has 0 saturated heterocycles. The van der Waals surface area contributed by atoms with Gasteiger partial charge in [0.1, 0.15) is 10.8 Å². The van der Waals surface area contributed by atoms with Crippen LogP contribution in [0.5, 0.6) is 0 Å². The van der Waals surface area contributed by atoms with Gasteiger partial charge in [-0.15, -0.1) is 11.3 Å². The Kier molecular flexibility index (Phi) is 3.44. The molecule has 2 aromatic heterocycles. The van der Waals surface area contributed by atoms with Gasteiger partial charge in [-0.3, -0.25) is 0 Å². The lowest BCUT2D eigenvalue weighted by Crippen LogP contribution is -2.12. The van der Waals surface area contributed by atoms with E-state index in [0.717, 1.165) is 23.8 Å². The van der Waals surface area contributed by atoms with Crippen LogP contribution in [0.1, 0.15) is 29.1 Å². The van der Waals surface area contributed by atoms with Crippen molar-refractivity contribution in [1.82, 2.24) is 9.97 Å². The summed E-state index contributed by atoms with van der Waals surface area (Å²) in [7, 11) is 0. The third-order valence-electron chi connectivity index (χ3n) is 3.08. The lowest BCUT2D eigenvalue weighted by molar-refractivity contribution is 0.683. The summed E-state index contributed by atoms with van der Waals surface area (Å²) in [5, 5.41) is 4.14. The minimum absolute atomic E-state index is 0.307. The van der Waals surface area contributed by atoms with Gasteiger partial charge in [0.15, 0.2) is 5.13 Å². The standard InChI is InChI=1S/C13H14N4S2/c14-12(18)9-5-3-7-11(15-9)17-13-16-8-4-1-2-6-10(8)19-13/h3,5,7H,1-2,4,6H2,(H2,14,18)(H,15,16,17). The van der Waals surface area contributed by atoms with Gasteiger partial charge in [0, 0.05) is 4.88 Å². The van der Waals surface area contributed by atoms with Crippen LogP contribution in [0.3, 0.4) is 0 Å². The third-order valence-corrected chi connectivity index (χ3v) is 4.36. The smallest absolute Gasteiger partial charge is 0.188 e. The Balaban J connectivity index is 1.83. The van der Waals surface area contributed by atoms with Crippen LogP contribution in [0.4, 0.5) is 10.9 Å². The molecule has 0 spiro atoms. The average molecular weight is 290 g/mol. The monoisotopic (exact) mass is 290 g/mol. The molecular formula is C13H14N4S2. The quantitative estimate of drug-likeness (QED) is 0.851. The normalized spacial score (nSPS) is 13.9. The molecule has 98 valence electrons. The van der Waals surface area contributed by atoms with Crippen LogP contribution < -0.4 is 11.1 Å². The minimum Gasteiger partial charge on any atom is -0.388 e. The third kappa shape index (κ3) is 2.74. The molecule has 1 aliphatic carbocycles. The molecule has 0 amide bonds. The van der Waals surface area contributed by atoms with E-state index in [1.807, 2.05) is 12.1 Å². The van der Waals surface area contributed by atoms with Gasteiger partial charge in [0.25, 0.3) is 0 Å². The van der Waals surface area contributed by atoms with E-state index < -0.39 is 0 Å². The Labute approximate surface area is 121 Å². The predicted octanol–water partition coefficient (Wildman–Crippen LogP) is 2.79. The molecule has 0 aromatic carbocycles. The van der Waals surface area contributed by atoms with Crippen molar-refractivity contribution < 1.29 is 0 Å². The molecule has 0 radical (unpaired) electrons. The molecule has 2 heterocycles. The van der Waals surface area contributed by atoms with Crippen molar-refractivity contribution in [3.05, 3.63) is 34.5 Å². The minimum atomic E-state index is 0.307. The Hall–Kier alpha value is -1.53. The van der Waals surface area contributed by atoms with Crippen molar-refractivity contribution in [1.29, 1.82) is 0 Å². The Bertz CT molecular complexity index is 597. The molecule has 0 aliphatic heterocycles. The number of anilines is 2. The SMILES string of the molecule is NC(=S)c1cccc(Nc2nc3c(s2)CCCC3)n1. The zero-order valence-corrected chi connectivity index (χ0v) is 12.0. The van der Waals surface area contributed by atoms with Gasteiger partial charge in [0.05, 0.1) is 11.4 Å².